The van der Waals surface area contributed by atoms with Gasteiger partial charge in [0.25, 0.3) is 0 Å². The number of aromatic nitrogens is 2. The highest BCUT2D eigenvalue weighted by molar-refractivity contribution is 5.76. The Morgan fingerprint density at radius 1 is 1.20 bits per heavy atom. The van der Waals surface area contributed by atoms with E-state index in [1.54, 1.807) is 11.1 Å². The summed E-state index contributed by atoms with van der Waals surface area (Å²) in [5.74, 6) is 1.73. The molecule has 2 aliphatic rings. The number of piperidine rings is 1. The van der Waals surface area contributed by atoms with Crippen molar-refractivity contribution in [3.05, 3.63) is 36.2 Å². The van der Waals surface area contributed by atoms with Gasteiger partial charge in [0, 0.05) is 45.5 Å². The first-order chi connectivity index (χ1) is 19.1. The molecule has 1 atom stereocenters. The Morgan fingerprint density at radius 2 is 1.98 bits per heavy atom. The van der Waals surface area contributed by atoms with E-state index in [2.05, 4.69) is 26.6 Å². The largest absolute Gasteiger partial charge is 0.494 e. The topological polar surface area (TPSA) is 136 Å². The van der Waals surface area contributed by atoms with E-state index in [1.165, 1.54) is 0 Å². The number of nitrogens with zero attached hydrogens (tertiary/aromatic N) is 6. The van der Waals surface area contributed by atoms with Gasteiger partial charge in [0.1, 0.15) is 23.2 Å². The second-order valence-corrected chi connectivity index (χ2v) is 11.0. The smallest absolute Gasteiger partial charge is 0.407 e. The molecule has 0 bridgehead atoms. The normalized spacial score (nSPS) is 17.4. The number of amides is 3. The molecule has 12 heteroatoms. The van der Waals surface area contributed by atoms with Crippen molar-refractivity contribution in [1.82, 2.24) is 25.1 Å². The molecule has 2 fully saturated rings. The number of likely N-dealkylation sites (N-methyl/N-ethyl adjacent to an activating group) is 1. The van der Waals surface area contributed by atoms with E-state index in [-0.39, 0.29) is 17.8 Å². The van der Waals surface area contributed by atoms with Gasteiger partial charge in [0.15, 0.2) is 11.5 Å². The highest BCUT2D eigenvalue weighted by atomic mass is 16.6. The van der Waals surface area contributed by atoms with Gasteiger partial charge in [0.05, 0.1) is 18.8 Å². The van der Waals surface area contributed by atoms with Crippen molar-refractivity contribution in [2.45, 2.75) is 51.7 Å². The number of ether oxygens (including phenoxy) is 2. The van der Waals surface area contributed by atoms with Crippen LogP contribution in [0.15, 0.2) is 30.5 Å². The van der Waals surface area contributed by atoms with Crippen LogP contribution in [-0.2, 0) is 4.74 Å². The quantitative estimate of drug-likeness (QED) is 0.448. The molecule has 12 nitrogen and oxygen atoms in total. The molecular weight excluding hydrogens is 512 g/mol. The summed E-state index contributed by atoms with van der Waals surface area (Å²) >= 11 is 0. The van der Waals surface area contributed by atoms with Crippen molar-refractivity contribution in [1.29, 1.82) is 5.26 Å². The van der Waals surface area contributed by atoms with Crippen LogP contribution < -0.4 is 20.3 Å². The maximum Gasteiger partial charge on any atom is 0.407 e. The average Bonchev–Trinajstić information content (AvgIpc) is 3.26. The molecule has 3 heterocycles. The number of rotatable bonds is 9. The fourth-order valence-electron chi connectivity index (χ4n) is 4.66. The highest BCUT2D eigenvalue weighted by Gasteiger charge is 2.34. The molecule has 3 amide bonds. The van der Waals surface area contributed by atoms with Crippen LogP contribution in [0.5, 0.6) is 5.75 Å². The number of hydrogen-bond acceptors (Lipinski definition) is 9. The molecule has 40 heavy (non-hydrogen) atoms. The molecule has 0 spiro atoms. The number of urea groups is 1. The Morgan fingerprint density at radius 3 is 2.65 bits per heavy atom. The predicted octanol–water partition coefficient (Wildman–Crippen LogP) is 3.72. The number of nitrogens with one attached hydrogen (secondary N) is 2. The van der Waals surface area contributed by atoms with Gasteiger partial charge >= 0.3 is 12.1 Å². The van der Waals surface area contributed by atoms with E-state index in [0.717, 1.165) is 38.2 Å². The van der Waals surface area contributed by atoms with Crippen LogP contribution in [0, 0.1) is 11.3 Å². The number of alkyl carbamates (subject to hydrolysis) is 1. The first-order valence-electron chi connectivity index (χ1n) is 13.6. The van der Waals surface area contributed by atoms with Gasteiger partial charge in [-0.25, -0.2) is 19.6 Å². The molecule has 2 saturated heterocycles. The third kappa shape index (κ3) is 7.65. The second-order valence-electron chi connectivity index (χ2n) is 11.0. The van der Waals surface area contributed by atoms with E-state index in [0.29, 0.717) is 43.5 Å². The van der Waals surface area contributed by atoms with Gasteiger partial charge in [-0.15, -0.1) is 0 Å². The number of benzene rings is 1. The van der Waals surface area contributed by atoms with Gasteiger partial charge in [-0.1, -0.05) is 0 Å². The Bertz CT molecular complexity index is 1220. The summed E-state index contributed by atoms with van der Waals surface area (Å²) in [6.07, 6.45) is 3.72. The molecule has 4 rings (SSSR count). The molecule has 1 aromatic heterocycles. The number of carbonyl (C=O) groups is 2. The zero-order chi connectivity index (χ0) is 28.7. The van der Waals surface area contributed by atoms with Gasteiger partial charge in [-0.2, -0.15) is 5.26 Å². The molecule has 2 N–H and O–H groups in total. The predicted molar refractivity (Wildman–Crippen MR) is 151 cm³/mol. The summed E-state index contributed by atoms with van der Waals surface area (Å²) in [6, 6.07) is 9.64. The summed E-state index contributed by atoms with van der Waals surface area (Å²) in [6.45, 7) is 9.32. The van der Waals surface area contributed by atoms with Crippen LogP contribution in [0.3, 0.4) is 0 Å². The monoisotopic (exact) mass is 550 g/mol. The van der Waals surface area contributed by atoms with Crippen molar-refractivity contribution in [3.63, 3.8) is 0 Å². The number of nitriles is 1. The second kappa shape index (κ2) is 12.7. The highest BCUT2D eigenvalue weighted by Crippen LogP contribution is 2.26. The lowest BCUT2D eigenvalue weighted by Crippen LogP contribution is -2.49. The van der Waals surface area contributed by atoms with E-state index in [9.17, 15) is 14.9 Å². The lowest BCUT2D eigenvalue weighted by atomic mass is 10.0. The summed E-state index contributed by atoms with van der Waals surface area (Å²) in [5, 5.41) is 15.5. The third-order valence-electron chi connectivity index (χ3n) is 6.65. The van der Waals surface area contributed by atoms with Gasteiger partial charge in [-0.3, -0.25) is 0 Å². The molecular formula is C28H38N8O4. The SMILES string of the molecule is CN1CCN(C2CCCN(c3cnc(C#N)c(Nc4ccc(OCCCNC(=O)OC(C)(C)C)cc4)n3)C2)C1=O. The maximum atomic E-state index is 12.5. The molecule has 1 aromatic carbocycles. The van der Waals surface area contributed by atoms with Crippen molar-refractivity contribution in [2.24, 2.45) is 0 Å². The van der Waals surface area contributed by atoms with Crippen molar-refractivity contribution >= 4 is 29.4 Å². The Labute approximate surface area is 235 Å². The Kier molecular flexibility index (Phi) is 9.14. The van der Waals surface area contributed by atoms with Crippen LogP contribution in [0.25, 0.3) is 0 Å². The Balaban J connectivity index is 1.31. The zero-order valence-electron chi connectivity index (χ0n) is 23.6. The average molecular weight is 551 g/mol. The summed E-state index contributed by atoms with van der Waals surface area (Å²) < 4.78 is 11.0. The molecule has 0 saturated carbocycles. The van der Waals surface area contributed by atoms with E-state index in [1.807, 2.05) is 57.0 Å². The third-order valence-corrected chi connectivity index (χ3v) is 6.65. The summed E-state index contributed by atoms with van der Waals surface area (Å²) in [4.78, 5) is 39.1. The lowest BCUT2D eigenvalue weighted by molar-refractivity contribution is 0.0525. The van der Waals surface area contributed by atoms with Crippen molar-refractivity contribution < 1.29 is 19.1 Å². The molecule has 0 radical (unpaired) electrons. The van der Waals surface area contributed by atoms with Gasteiger partial charge in [0.2, 0.25) is 0 Å². The fourth-order valence-corrected chi connectivity index (χ4v) is 4.66. The minimum absolute atomic E-state index is 0.0741. The molecule has 214 valence electrons. The number of hydrogen-bond donors (Lipinski definition) is 2. The number of anilines is 3. The maximum absolute atomic E-state index is 12.5. The standard InChI is InChI=1S/C28H38N8O4/c1-28(2,3)40-26(37)30-12-6-16-39-22-10-8-20(9-11-22)32-25-23(17-29)31-18-24(33-25)35-13-5-7-21(19-35)36-15-14-34(4)27(36)38/h8-11,18,21H,5-7,12-16,19H2,1-4H3,(H,30,37)(H,32,33). The lowest BCUT2D eigenvalue weighted by Gasteiger charge is -2.37. The molecule has 1 unspecified atom stereocenters. The zero-order valence-corrected chi connectivity index (χ0v) is 23.6. The minimum Gasteiger partial charge on any atom is -0.494 e. The van der Waals surface area contributed by atoms with Crippen LogP contribution in [0.4, 0.5) is 26.9 Å². The number of carbonyl (C=O) groups excluding carboxylic acids is 2. The first kappa shape index (κ1) is 28.7. The van der Waals surface area contributed by atoms with Gasteiger partial charge < -0.3 is 34.8 Å². The van der Waals surface area contributed by atoms with Crippen LogP contribution in [-0.4, -0.2) is 89.9 Å². The first-order valence-corrected chi connectivity index (χ1v) is 13.6. The summed E-state index contributed by atoms with van der Waals surface area (Å²) in [5.41, 5.74) is 0.413. The van der Waals surface area contributed by atoms with Crippen LogP contribution >= 0.6 is 0 Å². The van der Waals surface area contributed by atoms with Crippen molar-refractivity contribution in [2.75, 3.05) is 56.6 Å². The van der Waals surface area contributed by atoms with E-state index in [4.69, 9.17) is 14.5 Å². The molecule has 0 aliphatic carbocycles. The van der Waals surface area contributed by atoms with Crippen LogP contribution in [0.1, 0.15) is 45.7 Å². The van der Waals surface area contributed by atoms with Crippen molar-refractivity contribution in [3.8, 4) is 11.8 Å². The van der Waals surface area contributed by atoms with E-state index < -0.39 is 11.7 Å². The van der Waals surface area contributed by atoms with Crippen LogP contribution in [0.2, 0.25) is 0 Å². The van der Waals surface area contributed by atoms with E-state index >= 15 is 0 Å². The minimum atomic E-state index is -0.527. The summed E-state index contributed by atoms with van der Waals surface area (Å²) in [7, 11) is 1.83. The fraction of sp³-hybridized carbons (Fsp3) is 0.536. The molecule has 2 aromatic rings. The Hall–Kier alpha value is -4.27. The molecule has 2 aliphatic heterocycles. The van der Waals surface area contributed by atoms with Gasteiger partial charge in [-0.05, 0) is 64.3 Å².